The number of carbonyl (C=O) groups excluding carboxylic acids is 1. The summed E-state index contributed by atoms with van der Waals surface area (Å²) in [7, 11) is 0. The van der Waals surface area contributed by atoms with Gasteiger partial charge in [0.2, 0.25) is 5.60 Å². The molecule has 0 amide bonds. The molecule has 0 aromatic carbocycles. The molecule has 20 nitrogen and oxygen atoms in total. The van der Waals surface area contributed by atoms with Crippen LogP contribution in [0.25, 0.3) is 0 Å². The van der Waals surface area contributed by atoms with Crippen LogP contribution in [0.5, 0.6) is 0 Å². The molecule has 0 bridgehead atoms. The van der Waals surface area contributed by atoms with E-state index in [0.717, 1.165) is 0 Å². The number of hydrogen-bond donors (Lipinski definition) is 10. The first-order valence-electron chi connectivity index (χ1n) is 9.47. The molecule has 0 rings (SSSR count). The smallest absolute Gasteiger partial charge is 1.00 e. The Morgan fingerprint density at radius 3 is 0.923 bits per heavy atom. The van der Waals surface area contributed by atoms with Gasteiger partial charge in [-0.05, 0) is 0 Å². The van der Waals surface area contributed by atoms with Gasteiger partial charge in [0.05, 0.1) is 38.5 Å². The van der Waals surface area contributed by atoms with Gasteiger partial charge in [-0.25, -0.2) is 14.4 Å². The zero-order valence-electron chi connectivity index (χ0n) is 21.5. The predicted molar refractivity (Wildman–Crippen MR) is 115 cm³/mol. The Balaban J connectivity index is -0.000000231. The molecule has 0 aromatic heterocycles. The van der Waals surface area contributed by atoms with Gasteiger partial charge in [-0.3, -0.25) is 28.8 Å². The van der Waals surface area contributed by atoms with Crippen molar-refractivity contribution in [1.82, 2.24) is 0 Å². The minimum Gasteiger partial charge on any atom is -1.00 e. The van der Waals surface area contributed by atoms with Gasteiger partial charge in [0.15, 0.2) is 11.2 Å². The summed E-state index contributed by atoms with van der Waals surface area (Å²) in [4.78, 5) is 96.4. The molecule has 0 aliphatic heterocycles. The number of esters is 1. The topological polar surface area (TPSA) is 365 Å². The molecule has 1 atom stereocenters. The Morgan fingerprint density at radius 2 is 0.718 bits per heavy atom. The Kier molecular flexibility index (Phi) is 17.0. The summed E-state index contributed by atoms with van der Waals surface area (Å²) in [6.45, 7) is 0. The molecule has 0 saturated heterocycles. The van der Waals surface area contributed by atoms with Crippen LogP contribution in [0.4, 0.5) is 0 Å². The molecule has 10 N–H and O–H groups in total. The molecule has 39 heavy (non-hydrogen) atoms. The van der Waals surface area contributed by atoms with E-state index in [1.807, 2.05) is 0 Å². The Morgan fingerprint density at radius 1 is 0.462 bits per heavy atom. The van der Waals surface area contributed by atoms with Crippen LogP contribution in [0.15, 0.2) is 0 Å². The van der Waals surface area contributed by atoms with Gasteiger partial charge in [0, 0.05) is 0 Å². The molecule has 0 aliphatic carbocycles. The average molecular weight is 648 g/mol. The third-order valence-corrected chi connectivity index (χ3v) is 4.14. The summed E-state index contributed by atoms with van der Waals surface area (Å²) in [5.74, 6) is -16.6. The second kappa shape index (κ2) is 16.6. The van der Waals surface area contributed by atoms with Gasteiger partial charge in [0.25, 0.3) is 0 Å². The fraction of sp³-hybridized carbons (Fsp3) is 0.500. The van der Waals surface area contributed by atoms with Crippen molar-refractivity contribution in [3.05, 3.63) is 0 Å². The number of hydrogen-bond acceptors (Lipinski definition) is 12. The molecule has 0 spiro atoms. The Hall–Kier alpha value is -3.37. The Labute approximate surface area is 255 Å². The van der Waals surface area contributed by atoms with E-state index in [0.29, 0.717) is 0 Å². The molecular weight excluding hydrogens is 624 g/mol. The molecule has 0 heterocycles. The van der Waals surface area contributed by atoms with Crippen LogP contribution in [-0.2, 0) is 47.9 Å². The maximum Gasteiger partial charge on any atom is 2.00 e. The molecule has 0 aromatic rings. The molecular formula is C18H24O20Sr. The van der Waals surface area contributed by atoms with Crippen molar-refractivity contribution < 1.29 is 102 Å². The van der Waals surface area contributed by atoms with Crippen LogP contribution in [0.2, 0.25) is 0 Å². The standard InChI is InChI=1S/C12H14O13.C6H8O7.Sr.2H/c13-5(14)1-11(24,9(20)21)4-8(19)25-12(10(22)23,2-6(15)16)3-7(17)18;7-3(8)1-6(13,5(11)12)2-4(9)10;;;/h24H,1-4H2,(H,13,14)(H,15,16)(H,17,18)(H,20,21)(H,22,23);13H,1-2H2,(H,7,8)(H,9,10)(H,11,12);;;/q;;+2;2*-1. The van der Waals surface area contributed by atoms with Crippen LogP contribution >= 0.6 is 0 Å². The van der Waals surface area contributed by atoms with Crippen LogP contribution < -0.4 is 0 Å². The summed E-state index contributed by atoms with van der Waals surface area (Å²) in [5, 5.41) is 87.3. The van der Waals surface area contributed by atoms with E-state index in [1.165, 1.54) is 0 Å². The summed E-state index contributed by atoms with van der Waals surface area (Å²) in [6.07, 6.45) is -8.23. The van der Waals surface area contributed by atoms with Gasteiger partial charge in [-0.2, -0.15) is 0 Å². The van der Waals surface area contributed by atoms with Crippen molar-refractivity contribution in [2.45, 2.75) is 55.3 Å². The van der Waals surface area contributed by atoms with Crippen molar-refractivity contribution in [3.63, 3.8) is 0 Å². The van der Waals surface area contributed by atoms with Crippen molar-refractivity contribution in [2.75, 3.05) is 0 Å². The number of carboxylic acid groups (broad SMARTS) is 8. The van der Waals surface area contributed by atoms with E-state index in [4.69, 9.17) is 46.0 Å². The van der Waals surface area contributed by atoms with E-state index in [-0.39, 0.29) is 48.3 Å². The number of aliphatic hydroxyl groups is 2. The van der Waals surface area contributed by atoms with Gasteiger partial charge >= 0.3 is 99.2 Å². The van der Waals surface area contributed by atoms with Gasteiger partial charge in [-0.15, -0.1) is 0 Å². The van der Waals surface area contributed by atoms with Crippen molar-refractivity contribution in [2.24, 2.45) is 0 Å². The van der Waals surface area contributed by atoms with Crippen LogP contribution in [-0.4, -0.2) is 167 Å². The zero-order chi connectivity index (χ0) is 30.6. The van der Waals surface area contributed by atoms with Gasteiger partial charge < -0.3 is 58.7 Å². The number of carbonyl (C=O) groups is 9. The molecule has 0 saturated carbocycles. The quantitative estimate of drug-likeness (QED) is 0.0575. The zero-order valence-corrected chi connectivity index (χ0v) is 23.0. The minimum atomic E-state index is -3.17. The SMILES string of the molecule is O=C(O)CC(O)(CC(=O)O)C(=O)O.O=C(O)CC(O)(CC(=O)OC(CC(=O)O)(CC(=O)O)C(=O)O)C(=O)O.[H-].[H-].[Sr+2]. The first kappa shape index (κ1) is 40.1. The fourth-order valence-corrected chi connectivity index (χ4v) is 2.49. The first-order valence-corrected chi connectivity index (χ1v) is 9.47. The number of aliphatic carboxylic acids is 8. The van der Waals surface area contributed by atoms with Crippen LogP contribution in [0.1, 0.15) is 41.4 Å². The average Bonchev–Trinajstić information content (AvgIpc) is 2.64. The van der Waals surface area contributed by atoms with E-state index >= 15 is 0 Å². The second-order valence-electron chi connectivity index (χ2n) is 7.48. The minimum absolute atomic E-state index is 0. The third-order valence-electron chi connectivity index (χ3n) is 4.14. The maximum absolute atomic E-state index is 11.7. The summed E-state index contributed by atoms with van der Waals surface area (Å²) < 4.78 is 4.33. The molecule has 0 aliphatic rings. The Bertz CT molecular complexity index is 980. The third kappa shape index (κ3) is 15.0. The largest absolute Gasteiger partial charge is 2.00 e. The summed E-state index contributed by atoms with van der Waals surface area (Å²) in [5.41, 5.74) is -8.98. The molecule has 21 heteroatoms. The van der Waals surface area contributed by atoms with Gasteiger partial charge in [0.1, 0.15) is 0 Å². The molecule has 1 unspecified atom stereocenters. The van der Waals surface area contributed by atoms with E-state index in [1.54, 1.807) is 0 Å². The van der Waals surface area contributed by atoms with E-state index in [2.05, 4.69) is 4.74 Å². The predicted octanol–water partition coefficient (Wildman–Crippen LogP) is -3.42. The monoisotopic (exact) mass is 648 g/mol. The van der Waals surface area contributed by atoms with Crippen LogP contribution in [0, 0.1) is 0 Å². The summed E-state index contributed by atoms with van der Waals surface area (Å²) >= 11 is 0. The number of rotatable bonds is 16. The molecule has 218 valence electrons. The van der Waals surface area contributed by atoms with Crippen molar-refractivity contribution in [1.29, 1.82) is 0 Å². The van der Waals surface area contributed by atoms with Gasteiger partial charge in [-0.1, -0.05) is 0 Å². The van der Waals surface area contributed by atoms with E-state index in [9.17, 15) is 48.3 Å². The number of ether oxygens (including phenoxy) is 1. The number of carboxylic acids is 8. The molecule has 0 radical (unpaired) electrons. The normalized spacial score (nSPS) is 12.2. The second-order valence-corrected chi connectivity index (χ2v) is 7.48. The van der Waals surface area contributed by atoms with Crippen molar-refractivity contribution >= 4 is 99.2 Å². The summed E-state index contributed by atoms with van der Waals surface area (Å²) in [6, 6.07) is 0. The molecule has 0 fully saturated rings. The maximum atomic E-state index is 11.7. The van der Waals surface area contributed by atoms with E-state index < -0.39 is 109 Å². The fourth-order valence-electron chi connectivity index (χ4n) is 2.49. The first-order chi connectivity index (χ1) is 17.0. The van der Waals surface area contributed by atoms with Crippen molar-refractivity contribution in [3.8, 4) is 0 Å². The van der Waals surface area contributed by atoms with Crippen LogP contribution in [0.3, 0.4) is 0 Å².